The SMILES string of the molecule is CN(O)Cc1ccc(O)cc1Cl. The van der Waals surface area contributed by atoms with E-state index in [1.54, 1.807) is 6.07 Å². The molecule has 0 aromatic heterocycles. The summed E-state index contributed by atoms with van der Waals surface area (Å²) in [5, 5.41) is 19.4. The Labute approximate surface area is 75.8 Å². The molecular formula is C8H10ClNO2. The minimum atomic E-state index is 0.129. The fraction of sp³-hybridized carbons (Fsp3) is 0.250. The number of hydrogen-bond acceptors (Lipinski definition) is 3. The molecular weight excluding hydrogens is 178 g/mol. The highest BCUT2D eigenvalue weighted by Crippen LogP contribution is 2.21. The average Bonchev–Trinajstić information content (AvgIpc) is 1.94. The predicted octanol–water partition coefficient (Wildman–Crippen LogP) is 1.87. The van der Waals surface area contributed by atoms with Crippen LogP contribution in [0.25, 0.3) is 0 Å². The Bertz CT molecular complexity index is 276. The number of phenolic OH excluding ortho intramolecular Hbond substituents is 1. The van der Waals surface area contributed by atoms with Gasteiger partial charge in [-0.15, -0.1) is 0 Å². The van der Waals surface area contributed by atoms with E-state index in [9.17, 15) is 0 Å². The van der Waals surface area contributed by atoms with Crippen LogP contribution in [-0.2, 0) is 6.54 Å². The Kier molecular flexibility index (Phi) is 2.92. The first kappa shape index (κ1) is 9.32. The molecule has 0 atom stereocenters. The van der Waals surface area contributed by atoms with E-state index >= 15 is 0 Å². The summed E-state index contributed by atoms with van der Waals surface area (Å²) < 4.78 is 0. The minimum absolute atomic E-state index is 0.129. The van der Waals surface area contributed by atoms with Crippen molar-refractivity contribution in [2.45, 2.75) is 6.54 Å². The fourth-order valence-corrected chi connectivity index (χ4v) is 1.15. The minimum Gasteiger partial charge on any atom is -0.508 e. The molecule has 0 aliphatic heterocycles. The molecule has 0 fully saturated rings. The molecule has 0 saturated carbocycles. The summed E-state index contributed by atoms with van der Waals surface area (Å²) in [4.78, 5) is 0. The van der Waals surface area contributed by atoms with Crippen molar-refractivity contribution in [2.24, 2.45) is 0 Å². The van der Waals surface area contributed by atoms with Gasteiger partial charge >= 0.3 is 0 Å². The zero-order valence-corrected chi connectivity index (χ0v) is 7.41. The molecule has 2 N–H and O–H groups in total. The van der Waals surface area contributed by atoms with Crippen LogP contribution < -0.4 is 0 Å². The van der Waals surface area contributed by atoms with Gasteiger partial charge in [0.05, 0.1) is 0 Å². The summed E-state index contributed by atoms with van der Waals surface area (Å²) in [7, 11) is 1.53. The Morgan fingerprint density at radius 2 is 2.17 bits per heavy atom. The molecule has 0 aliphatic rings. The Balaban J connectivity index is 2.86. The van der Waals surface area contributed by atoms with Crippen LogP contribution in [-0.4, -0.2) is 22.4 Å². The van der Waals surface area contributed by atoms with Gasteiger partial charge in [0, 0.05) is 18.6 Å². The van der Waals surface area contributed by atoms with E-state index in [0.717, 1.165) is 10.6 Å². The molecule has 0 heterocycles. The highest BCUT2D eigenvalue weighted by Gasteiger charge is 2.02. The predicted molar refractivity (Wildman–Crippen MR) is 46.4 cm³/mol. The molecule has 0 aliphatic carbocycles. The summed E-state index contributed by atoms with van der Waals surface area (Å²) in [5.74, 6) is 0.129. The summed E-state index contributed by atoms with van der Waals surface area (Å²) in [6, 6.07) is 4.65. The van der Waals surface area contributed by atoms with Crippen LogP contribution >= 0.6 is 11.6 Å². The van der Waals surface area contributed by atoms with Crippen LogP contribution in [0.15, 0.2) is 18.2 Å². The van der Waals surface area contributed by atoms with E-state index in [1.165, 1.54) is 19.2 Å². The lowest BCUT2D eigenvalue weighted by Crippen LogP contribution is -2.11. The maximum Gasteiger partial charge on any atom is 0.117 e. The normalized spacial score (nSPS) is 10.7. The van der Waals surface area contributed by atoms with E-state index < -0.39 is 0 Å². The summed E-state index contributed by atoms with van der Waals surface area (Å²) >= 11 is 5.78. The molecule has 0 unspecified atom stereocenters. The summed E-state index contributed by atoms with van der Waals surface area (Å²) in [5.41, 5.74) is 0.777. The van der Waals surface area contributed by atoms with Crippen LogP contribution in [0, 0.1) is 0 Å². The summed E-state index contributed by atoms with van der Waals surface area (Å²) in [6.07, 6.45) is 0. The monoisotopic (exact) mass is 187 g/mol. The summed E-state index contributed by atoms with van der Waals surface area (Å²) in [6.45, 7) is 0.346. The fourth-order valence-electron chi connectivity index (χ4n) is 0.911. The highest BCUT2D eigenvalue weighted by atomic mass is 35.5. The molecule has 66 valence electrons. The maximum absolute atomic E-state index is 9.01. The first-order valence-corrected chi connectivity index (χ1v) is 3.85. The van der Waals surface area contributed by atoms with E-state index in [2.05, 4.69) is 0 Å². The van der Waals surface area contributed by atoms with Gasteiger partial charge in [0.15, 0.2) is 0 Å². The van der Waals surface area contributed by atoms with Crippen LogP contribution in [0.1, 0.15) is 5.56 Å². The molecule has 1 rings (SSSR count). The molecule has 0 spiro atoms. The lowest BCUT2D eigenvalue weighted by Gasteiger charge is -2.09. The number of benzene rings is 1. The smallest absolute Gasteiger partial charge is 0.117 e. The largest absolute Gasteiger partial charge is 0.508 e. The highest BCUT2D eigenvalue weighted by molar-refractivity contribution is 6.31. The van der Waals surface area contributed by atoms with Gasteiger partial charge in [-0.2, -0.15) is 5.06 Å². The second-order valence-electron chi connectivity index (χ2n) is 2.59. The van der Waals surface area contributed by atoms with Crippen LogP contribution in [0.4, 0.5) is 0 Å². The number of phenols is 1. The third-order valence-electron chi connectivity index (χ3n) is 1.44. The van der Waals surface area contributed by atoms with Crippen LogP contribution in [0.5, 0.6) is 5.75 Å². The van der Waals surface area contributed by atoms with E-state index in [-0.39, 0.29) is 5.75 Å². The molecule has 0 saturated heterocycles. The average molecular weight is 188 g/mol. The van der Waals surface area contributed by atoms with Gasteiger partial charge < -0.3 is 10.3 Å². The molecule has 0 radical (unpaired) electrons. The molecule has 4 heteroatoms. The Morgan fingerprint density at radius 1 is 1.50 bits per heavy atom. The lowest BCUT2D eigenvalue weighted by molar-refractivity contribution is -0.0731. The molecule has 0 amide bonds. The zero-order valence-electron chi connectivity index (χ0n) is 6.66. The van der Waals surface area contributed by atoms with E-state index in [0.29, 0.717) is 11.6 Å². The molecule has 12 heavy (non-hydrogen) atoms. The van der Waals surface area contributed by atoms with Gasteiger partial charge in [0.1, 0.15) is 5.75 Å². The number of rotatable bonds is 2. The van der Waals surface area contributed by atoms with Gasteiger partial charge in [-0.1, -0.05) is 17.7 Å². The third-order valence-corrected chi connectivity index (χ3v) is 1.79. The first-order chi connectivity index (χ1) is 5.59. The maximum atomic E-state index is 9.01. The van der Waals surface area contributed by atoms with Crippen molar-refractivity contribution in [1.82, 2.24) is 5.06 Å². The second-order valence-corrected chi connectivity index (χ2v) is 3.00. The van der Waals surface area contributed by atoms with E-state index in [1.807, 2.05) is 0 Å². The van der Waals surface area contributed by atoms with Crippen molar-refractivity contribution >= 4 is 11.6 Å². The van der Waals surface area contributed by atoms with Crippen molar-refractivity contribution < 1.29 is 10.3 Å². The third kappa shape index (κ3) is 2.37. The topological polar surface area (TPSA) is 43.7 Å². The van der Waals surface area contributed by atoms with Crippen molar-refractivity contribution in [3.05, 3.63) is 28.8 Å². The number of hydrogen-bond donors (Lipinski definition) is 2. The number of aromatic hydroxyl groups is 1. The lowest BCUT2D eigenvalue weighted by atomic mass is 10.2. The molecule has 1 aromatic rings. The van der Waals surface area contributed by atoms with Gasteiger partial charge in [-0.25, -0.2) is 0 Å². The Morgan fingerprint density at radius 3 is 2.67 bits per heavy atom. The van der Waals surface area contributed by atoms with Crippen molar-refractivity contribution in [3.63, 3.8) is 0 Å². The van der Waals surface area contributed by atoms with Gasteiger partial charge in [-0.3, -0.25) is 0 Å². The molecule has 0 bridgehead atoms. The van der Waals surface area contributed by atoms with Gasteiger partial charge in [0.2, 0.25) is 0 Å². The van der Waals surface area contributed by atoms with Gasteiger partial charge in [0.25, 0.3) is 0 Å². The number of nitrogens with zero attached hydrogens (tertiary/aromatic N) is 1. The number of hydroxylamine groups is 2. The quantitative estimate of drug-likeness (QED) is 0.695. The second kappa shape index (κ2) is 3.76. The first-order valence-electron chi connectivity index (χ1n) is 3.47. The molecule has 3 nitrogen and oxygen atoms in total. The molecule has 1 aromatic carbocycles. The standard InChI is InChI=1S/C8H10ClNO2/c1-10(12)5-6-2-3-7(11)4-8(6)9/h2-4,11-12H,5H2,1H3. The van der Waals surface area contributed by atoms with Crippen LogP contribution in [0.3, 0.4) is 0 Å². The van der Waals surface area contributed by atoms with E-state index in [4.69, 9.17) is 21.9 Å². The van der Waals surface area contributed by atoms with Gasteiger partial charge in [-0.05, 0) is 17.7 Å². The zero-order chi connectivity index (χ0) is 9.14. The van der Waals surface area contributed by atoms with Crippen molar-refractivity contribution in [3.8, 4) is 5.75 Å². The Hall–Kier alpha value is -0.770. The number of halogens is 1. The van der Waals surface area contributed by atoms with Crippen LogP contribution in [0.2, 0.25) is 5.02 Å². The van der Waals surface area contributed by atoms with Crippen molar-refractivity contribution in [2.75, 3.05) is 7.05 Å². The van der Waals surface area contributed by atoms with Crippen molar-refractivity contribution in [1.29, 1.82) is 0 Å².